The Balaban J connectivity index is 1.91. The van der Waals surface area contributed by atoms with E-state index in [1.54, 1.807) is 0 Å². The minimum Gasteiger partial charge on any atom is -0.356 e. The summed E-state index contributed by atoms with van der Waals surface area (Å²) in [6.45, 7) is 6.05. The van der Waals surface area contributed by atoms with Gasteiger partial charge in [-0.1, -0.05) is 6.92 Å². The largest absolute Gasteiger partial charge is 0.356 e. The molecule has 0 bridgehead atoms. The van der Waals surface area contributed by atoms with Crippen molar-refractivity contribution in [2.24, 2.45) is 5.41 Å². The third-order valence-electron chi connectivity index (χ3n) is 4.67. The smallest absolute Gasteiger partial charge is 0.221 e. The minimum absolute atomic E-state index is 0.0366. The molecule has 1 heterocycles. The van der Waals surface area contributed by atoms with Crippen molar-refractivity contribution < 1.29 is 17.6 Å². The Hall–Kier alpha value is -1.47. The van der Waals surface area contributed by atoms with E-state index >= 15 is 0 Å². The average molecular weight is 356 g/mol. The van der Waals surface area contributed by atoms with Crippen LogP contribution >= 0.6 is 0 Å². The Morgan fingerprint density at radius 3 is 2.46 bits per heavy atom. The van der Waals surface area contributed by atoms with Crippen molar-refractivity contribution in [3.05, 3.63) is 30.1 Å². The van der Waals surface area contributed by atoms with E-state index in [1.807, 2.05) is 0 Å². The van der Waals surface area contributed by atoms with Crippen molar-refractivity contribution in [1.82, 2.24) is 10.6 Å². The Morgan fingerprint density at radius 2 is 1.88 bits per heavy atom. The maximum atomic E-state index is 12.9. The molecule has 0 radical (unpaired) electrons. The van der Waals surface area contributed by atoms with Crippen LogP contribution in [0.4, 0.5) is 4.39 Å². The molecule has 0 saturated carbocycles. The summed E-state index contributed by atoms with van der Waals surface area (Å²) in [5.41, 5.74) is 0.0555. The number of sulfone groups is 1. The number of rotatable bonds is 6. The molecule has 1 aliphatic rings. The lowest BCUT2D eigenvalue weighted by molar-refractivity contribution is -0.121. The molecule has 1 aromatic rings. The van der Waals surface area contributed by atoms with E-state index in [1.165, 1.54) is 19.1 Å². The number of piperidine rings is 1. The molecule has 2 rings (SSSR count). The van der Waals surface area contributed by atoms with Crippen LogP contribution in [0.15, 0.2) is 29.2 Å². The van der Waals surface area contributed by atoms with E-state index < -0.39 is 20.9 Å². The maximum absolute atomic E-state index is 12.9. The lowest BCUT2D eigenvalue weighted by Gasteiger charge is -2.34. The summed E-state index contributed by atoms with van der Waals surface area (Å²) in [7, 11) is -3.65. The van der Waals surface area contributed by atoms with Gasteiger partial charge >= 0.3 is 0 Å². The van der Waals surface area contributed by atoms with Gasteiger partial charge in [0.25, 0.3) is 0 Å². The molecule has 24 heavy (non-hydrogen) atoms. The summed E-state index contributed by atoms with van der Waals surface area (Å²) in [5, 5.41) is 5.29. The molecule has 1 unspecified atom stereocenters. The van der Waals surface area contributed by atoms with Gasteiger partial charge in [-0.05, 0) is 62.5 Å². The third kappa shape index (κ3) is 4.77. The highest BCUT2D eigenvalue weighted by Gasteiger charge is 2.29. The highest BCUT2D eigenvalue weighted by Crippen LogP contribution is 2.26. The van der Waals surface area contributed by atoms with Gasteiger partial charge in [0.05, 0.1) is 10.1 Å². The molecule has 1 aliphatic heterocycles. The molecule has 7 heteroatoms. The van der Waals surface area contributed by atoms with Gasteiger partial charge < -0.3 is 10.6 Å². The highest BCUT2D eigenvalue weighted by atomic mass is 32.2. The van der Waals surface area contributed by atoms with E-state index in [4.69, 9.17) is 0 Å². The Kier molecular flexibility index (Phi) is 5.98. The summed E-state index contributed by atoms with van der Waals surface area (Å²) < 4.78 is 37.8. The summed E-state index contributed by atoms with van der Waals surface area (Å²) in [6, 6.07) is 4.68. The van der Waals surface area contributed by atoms with Crippen LogP contribution in [-0.2, 0) is 14.6 Å². The second kappa shape index (κ2) is 7.61. The number of hydrogen-bond acceptors (Lipinski definition) is 4. The van der Waals surface area contributed by atoms with E-state index in [-0.39, 0.29) is 22.6 Å². The first-order valence-electron chi connectivity index (χ1n) is 8.20. The first-order valence-corrected chi connectivity index (χ1v) is 9.74. The van der Waals surface area contributed by atoms with Gasteiger partial charge in [-0.3, -0.25) is 4.79 Å². The van der Waals surface area contributed by atoms with Gasteiger partial charge in [0.2, 0.25) is 5.91 Å². The average Bonchev–Trinajstić information content (AvgIpc) is 2.54. The van der Waals surface area contributed by atoms with E-state index in [0.717, 1.165) is 38.1 Å². The lowest BCUT2D eigenvalue weighted by Crippen LogP contribution is -2.43. The summed E-state index contributed by atoms with van der Waals surface area (Å²) in [4.78, 5) is 12.2. The SMILES string of the molecule is CC(CC(=O)NCC1(C)CCNCC1)S(=O)(=O)c1ccc(F)cc1. The minimum atomic E-state index is -3.65. The van der Waals surface area contributed by atoms with Crippen LogP contribution in [0.1, 0.15) is 33.1 Å². The molecular weight excluding hydrogens is 331 g/mol. The summed E-state index contributed by atoms with van der Waals surface area (Å²) >= 11 is 0. The number of carbonyl (C=O) groups is 1. The summed E-state index contributed by atoms with van der Waals surface area (Å²) in [5.74, 6) is -0.762. The second-order valence-corrected chi connectivity index (χ2v) is 9.22. The van der Waals surface area contributed by atoms with Gasteiger partial charge in [-0.2, -0.15) is 0 Å². The number of amides is 1. The van der Waals surface area contributed by atoms with E-state index in [2.05, 4.69) is 17.6 Å². The van der Waals surface area contributed by atoms with Crippen molar-refractivity contribution in [2.75, 3.05) is 19.6 Å². The first-order chi connectivity index (χ1) is 11.2. The van der Waals surface area contributed by atoms with E-state index in [9.17, 15) is 17.6 Å². The fourth-order valence-corrected chi connectivity index (χ4v) is 4.17. The number of halogens is 1. The zero-order valence-corrected chi connectivity index (χ0v) is 15.0. The predicted octanol–water partition coefficient (Wildman–Crippen LogP) is 1.88. The van der Waals surface area contributed by atoms with Crippen molar-refractivity contribution in [3.8, 4) is 0 Å². The zero-order valence-electron chi connectivity index (χ0n) is 14.1. The normalized spacial score (nSPS) is 18.8. The van der Waals surface area contributed by atoms with Crippen LogP contribution in [-0.4, -0.2) is 39.2 Å². The zero-order chi connectivity index (χ0) is 17.8. The van der Waals surface area contributed by atoms with Gasteiger partial charge in [-0.15, -0.1) is 0 Å². The molecule has 1 atom stereocenters. The number of nitrogens with one attached hydrogen (secondary N) is 2. The molecule has 134 valence electrons. The van der Waals surface area contributed by atoms with Gasteiger partial charge in [0.15, 0.2) is 9.84 Å². The fraction of sp³-hybridized carbons (Fsp3) is 0.588. The third-order valence-corrected chi connectivity index (χ3v) is 6.82. The van der Waals surface area contributed by atoms with Crippen molar-refractivity contribution in [1.29, 1.82) is 0 Å². The number of hydrogen-bond donors (Lipinski definition) is 2. The quantitative estimate of drug-likeness (QED) is 0.763. The van der Waals surface area contributed by atoms with Crippen LogP contribution in [0.3, 0.4) is 0 Å². The lowest BCUT2D eigenvalue weighted by atomic mass is 9.81. The Bertz CT molecular complexity index is 668. The molecule has 1 aromatic carbocycles. The molecule has 0 aromatic heterocycles. The topological polar surface area (TPSA) is 75.3 Å². The molecule has 1 fully saturated rings. The molecule has 0 aliphatic carbocycles. The number of carbonyl (C=O) groups excluding carboxylic acids is 1. The van der Waals surface area contributed by atoms with Crippen molar-refractivity contribution in [3.63, 3.8) is 0 Å². The molecule has 1 saturated heterocycles. The molecule has 1 amide bonds. The van der Waals surface area contributed by atoms with Crippen LogP contribution in [0.25, 0.3) is 0 Å². The first kappa shape index (κ1) is 18.9. The highest BCUT2D eigenvalue weighted by molar-refractivity contribution is 7.92. The Morgan fingerprint density at radius 1 is 1.29 bits per heavy atom. The maximum Gasteiger partial charge on any atom is 0.221 e. The van der Waals surface area contributed by atoms with E-state index in [0.29, 0.717) is 6.54 Å². The second-order valence-electron chi connectivity index (χ2n) is 6.85. The Labute approximate surface area is 142 Å². The monoisotopic (exact) mass is 356 g/mol. The standard InChI is InChI=1S/C17H25FN2O3S/c1-13(24(22,23)15-5-3-14(18)4-6-15)11-16(21)20-12-17(2)7-9-19-10-8-17/h3-6,13,19H,7-12H2,1-2H3,(H,20,21). The van der Waals surface area contributed by atoms with Crippen LogP contribution in [0.2, 0.25) is 0 Å². The van der Waals surface area contributed by atoms with Gasteiger partial charge in [0, 0.05) is 13.0 Å². The molecule has 0 spiro atoms. The van der Waals surface area contributed by atoms with Gasteiger partial charge in [-0.25, -0.2) is 12.8 Å². The molecular formula is C17H25FN2O3S. The van der Waals surface area contributed by atoms with Crippen molar-refractivity contribution in [2.45, 2.75) is 43.3 Å². The van der Waals surface area contributed by atoms with Crippen molar-refractivity contribution >= 4 is 15.7 Å². The number of benzene rings is 1. The predicted molar refractivity (Wildman–Crippen MR) is 90.9 cm³/mol. The van der Waals surface area contributed by atoms with Crippen LogP contribution < -0.4 is 10.6 Å². The molecule has 2 N–H and O–H groups in total. The van der Waals surface area contributed by atoms with Crippen LogP contribution in [0, 0.1) is 11.2 Å². The van der Waals surface area contributed by atoms with Crippen LogP contribution in [0.5, 0.6) is 0 Å². The summed E-state index contributed by atoms with van der Waals surface area (Å²) in [6.07, 6.45) is 1.86. The molecule has 5 nitrogen and oxygen atoms in total. The van der Waals surface area contributed by atoms with Gasteiger partial charge in [0.1, 0.15) is 5.82 Å². The fourth-order valence-electron chi connectivity index (χ4n) is 2.82.